The molecule has 4 rings (SSSR count). The summed E-state index contributed by atoms with van der Waals surface area (Å²) in [4.78, 5) is 7.54. The molecule has 8 heteroatoms. The third-order valence-corrected chi connectivity index (χ3v) is 8.42. The molecule has 1 spiro atoms. The molecule has 7 nitrogen and oxygen atoms in total. The zero-order chi connectivity index (χ0) is 21.0. The molecule has 3 aliphatic rings. The highest BCUT2D eigenvalue weighted by Gasteiger charge is 2.42. The van der Waals surface area contributed by atoms with Crippen LogP contribution >= 0.6 is 0 Å². The lowest BCUT2D eigenvalue weighted by Gasteiger charge is -2.26. The maximum absolute atomic E-state index is 13.0. The van der Waals surface area contributed by atoms with Crippen LogP contribution in [0.4, 0.5) is 0 Å². The van der Waals surface area contributed by atoms with Crippen molar-refractivity contribution in [2.75, 3.05) is 45.9 Å². The summed E-state index contributed by atoms with van der Waals surface area (Å²) in [5.74, 6) is 0.908. The third-order valence-electron chi connectivity index (χ3n) is 6.52. The molecule has 1 atom stereocenters. The maximum atomic E-state index is 13.0. The van der Waals surface area contributed by atoms with Gasteiger partial charge in [-0.3, -0.25) is 0 Å². The van der Waals surface area contributed by atoms with Crippen molar-refractivity contribution in [2.45, 2.75) is 50.5 Å². The molecule has 30 heavy (non-hydrogen) atoms. The van der Waals surface area contributed by atoms with Crippen molar-refractivity contribution in [1.82, 2.24) is 14.5 Å². The van der Waals surface area contributed by atoms with E-state index < -0.39 is 10.0 Å². The van der Waals surface area contributed by atoms with Gasteiger partial charge in [0.15, 0.2) is 5.96 Å². The normalized spacial score (nSPS) is 25.9. The van der Waals surface area contributed by atoms with E-state index in [9.17, 15) is 8.42 Å². The van der Waals surface area contributed by atoms with Crippen molar-refractivity contribution in [3.63, 3.8) is 0 Å². The Morgan fingerprint density at radius 2 is 2.03 bits per heavy atom. The lowest BCUT2D eigenvalue weighted by Crippen LogP contribution is -2.41. The van der Waals surface area contributed by atoms with Crippen LogP contribution in [0.25, 0.3) is 0 Å². The Bertz CT molecular complexity index is 859. The molecular formula is C22H34N4O3S. The van der Waals surface area contributed by atoms with E-state index in [0.29, 0.717) is 24.5 Å². The Morgan fingerprint density at radius 1 is 1.20 bits per heavy atom. The van der Waals surface area contributed by atoms with Gasteiger partial charge < -0.3 is 15.0 Å². The van der Waals surface area contributed by atoms with Crippen LogP contribution in [0.5, 0.6) is 0 Å². The number of hydrogen-bond donors (Lipinski definition) is 1. The fourth-order valence-corrected chi connectivity index (χ4v) is 6.33. The first-order chi connectivity index (χ1) is 14.5. The minimum atomic E-state index is -3.42. The Labute approximate surface area is 180 Å². The number of rotatable bonds is 5. The molecule has 0 aromatic heterocycles. The minimum absolute atomic E-state index is 0.276. The molecule has 1 aromatic carbocycles. The number of nitrogens with one attached hydrogen (secondary N) is 1. The Morgan fingerprint density at radius 3 is 2.77 bits per heavy atom. The predicted octanol–water partition coefficient (Wildman–Crippen LogP) is 2.44. The molecule has 3 heterocycles. The molecule has 0 radical (unpaired) electrons. The standard InChI is InChI=1S/C22H34N4O3S/c1-2-23-21(25-13-9-22(17-25)10-14-29-18-22)24-16-19-7-6-8-20(15-19)30(27,28)26-11-4-3-5-12-26/h6-8,15H,2-5,9-14,16-18H2,1H3,(H,23,24). The van der Waals surface area contributed by atoms with E-state index >= 15 is 0 Å². The van der Waals surface area contributed by atoms with E-state index in [0.717, 1.165) is 76.5 Å². The summed E-state index contributed by atoms with van der Waals surface area (Å²) in [5.41, 5.74) is 1.19. The van der Waals surface area contributed by atoms with Crippen molar-refractivity contribution >= 4 is 16.0 Å². The van der Waals surface area contributed by atoms with Gasteiger partial charge in [-0.25, -0.2) is 13.4 Å². The first kappa shape index (κ1) is 21.6. The fourth-order valence-electron chi connectivity index (χ4n) is 4.74. The zero-order valence-electron chi connectivity index (χ0n) is 18.0. The summed E-state index contributed by atoms with van der Waals surface area (Å²) >= 11 is 0. The quantitative estimate of drug-likeness (QED) is 0.569. The molecule has 3 saturated heterocycles. The molecule has 1 aromatic rings. The SMILES string of the molecule is CCNC(=NCc1cccc(S(=O)(=O)N2CCCCC2)c1)N1CCC2(CCOC2)C1. The Kier molecular flexibility index (Phi) is 6.65. The number of nitrogens with zero attached hydrogens (tertiary/aromatic N) is 3. The van der Waals surface area contributed by atoms with Gasteiger partial charge in [0.2, 0.25) is 10.0 Å². The van der Waals surface area contributed by atoms with Gasteiger partial charge in [0.1, 0.15) is 0 Å². The molecule has 166 valence electrons. The molecule has 0 amide bonds. The summed E-state index contributed by atoms with van der Waals surface area (Å²) in [6, 6.07) is 7.27. The second kappa shape index (κ2) is 9.24. The van der Waals surface area contributed by atoms with E-state index in [4.69, 9.17) is 9.73 Å². The highest BCUT2D eigenvalue weighted by molar-refractivity contribution is 7.89. The smallest absolute Gasteiger partial charge is 0.243 e. The number of ether oxygens (including phenoxy) is 1. The predicted molar refractivity (Wildman–Crippen MR) is 118 cm³/mol. The zero-order valence-corrected chi connectivity index (χ0v) is 18.8. The molecule has 0 saturated carbocycles. The van der Waals surface area contributed by atoms with Crippen LogP contribution in [0, 0.1) is 5.41 Å². The van der Waals surface area contributed by atoms with Crippen LogP contribution in [0.1, 0.15) is 44.6 Å². The van der Waals surface area contributed by atoms with E-state index in [-0.39, 0.29) is 5.41 Å². The second-order valence-electron chi connectivity index (χ2n) is 8.76. The van der Waals surface area contributed by atoms with Crippen molar-refractivity contribution in [2.24, 2.45) is 10.4 Å². The molecule has 1 N–H and O–H groups in total. The average Bonchev–Trinajstić information content (AvgIpc) is 3.41. The van der Waals surface area contributed by atoms with Crippen molar-refractivity contribution in [1.29, 1.82) is 0 Å². The molecule has 3 aliphatic heterocycles. The van der Waals surface area contributed by atoms with Crippen LogP contribution in [-0.2, 0) is 21.3 Å². The van der Waals surface area contributed by atoms with Gasteiger partial charge in [-0.15, -0.1) is 0 Å². The number of guanidine groups is 1. The monoisotopic (exact) mass is 434 g/mol. The van der Waals surface area contributed by atoms with E-state index in [2.05, 4.69) is 17.1 Å². The topological polar surface area (TPSA) is 74.2 Å². The average molecular weight is 435 g/mol. The fraction of sp³-hybridized carbons (Fsp3) is 0.682. The highest BCUT2D eigenvalue weighted by Crippen LogP contribution is 2.38. The van der Waals surface area contributed by atoms with Gasteiger partial charge in [-0.1, -0.05) is 18.6 Å². The third kappa shape index (κ3) is 4.65. The Balaban J connectivity index is 1.47. The van der Waals surface area contributed by atoms with Crippen LogP contribution < -0.4 is 5.32 Å². The number of piperidine rings is 1. The first-order valence-corrected chi connectivity index (χ1v) is 12.7. The minimum Gasteiger partial charge on any atom is -0.381 e. The lowest BCUT2D eigenvalue weighted by molar-refractivity contribution is 0.156. The number of sulfonamides is 1. The van der Waals surface area contributed by atoms with Gasteiger partial charge in [0.25, 0.3) is 0 Å². The van der Waals surface area contributed by atoms with Crippen molar-refractivity contribution < 1.29 is 13.2 Å². The summed E-state index contributed by atoms with van der Waals surface area (Å²) in [5, 5.41) is 3.41. The number of hydrogen-bond acceptors (Lipinski definition) is 4. The molecular weight excluding hydrogens is 400 g/mol. The second-order valence-corrected chi connectivity index (χ2v) is 10.7. The summed E-state index contributed by atoms with van der Waals surface area (Å²) in [7, 11) is -3.42. The molecule has 0 bridgehead atoms. The van der Waals surface area contributed by atoms with Crippen LogP contribution in [-0.4, -0.2) is 69.5 Å². The van der Waals surface area contributed by atoms with E-state index in [1.54, 1.807) is 16.4 Å². The molecule has 3 fully saturated rings. The number of benzene rings is 1. The van der Waals surface area contributed by atoms with Crippen molar-refractivity contribution in [3.8, 4) is 0 Å². The van der Waals surface area contributed by atoms with Crippen LogP contribution in [0.2, 0.25) is 0 Å². The van der Waals surface area contributed by atoms with Crippen molar-refractivity contribution in [3.05, 3.63) is 29.8 Å². The van der Waals surface area contributed by atoms with Gasteiger partial charge in [-0.2, -0.15) is 4.31 Å². The number of likely N-dealkylation sites (tertiary alicyclic amines) is 1. The van der Waals surface area contributed by atoms with Gasteiger partial charge in [-0.05, 0) is 50.3 Å². The summed E-state index contributed by atoms with van der Waals surface area (Å²) in [6.07, 6.45) is 5.26. The Hall–Kier alpha value is -1.64. The largest absolute Gasteiger partial charge is 0.381 e. The molecule has 1 unspecified atom stereocenters. The summed E-state index contributed by atoms with van der Waals surface area (Å²) < 4.78 is 33.2. The highest BCUT2D eigenvalue weighted by atomic mass is 32.2. The van der Waals surface area contributed by atoms with E-state index in [1.165, 1.54) is 0 Å². The van der Waals surface area contributed by atoms with Gasteiger partial charge in [0.05, 0.1) is 18.0 Å². The van der Waals surface area contributed by atoms with E-state index in [1.807, 2.05) is 12.1 Å². The maximum Gasteiger partial charge on any atom is 0.243 e. The van der Waals surface area contributed by atoms with Gasteiger partial charge >= 0.3 is 0 Å². The first-order valence-electron chi connectivity index (χ1n) is 11.2. The summed E-state index contributed by atoms with van der Waals surface area (Å²) in [6.45, 7) is 8.26. The van der Waals surface area contributed by atoms with Gasteiger partial charge in [0, 0.05) is 44.7 Å². The van der Waals surface area contributed by atoms with Crippen LogP contribution in [0.3, 0.4) is 0 Å². The lowest BCUT2D eigenvalue weighted by atomic mass is 9.87. The number of aliphatic imine (C=N–C) groups is 1. The molecule has 0 aliphatic carbocycles. The van der Waals surface area contributed by atoms with Crippen LogP contribution in [0.15, 0.2) is 34.2 Å².